The van der Waals surface area contributed by atoms with Gasteiger partial charge < -0.3 is 24.0 Å². The number of hydrogen-bond acceptors (Lipinski definition) is 5. The van der Waals surface area contributed by atoms with Crippen molar-refractivity contribution in [2.45, 2.75) is 31.7 Å². The van der Waals surface area contributed by atoms with Gasteiger partial charge in [0.25, 0.3) is 0 Å². The van der Waals surface area contributed by atoms with E-state index in [1.54, 1.807) is 14.2 Å². The summed E-state index contributed by atoms with van der Waals surface area (Å²) in [6.07, 6.45) is 4.09. The number of nitrogens with zero attached hydrogens (tertiary/aromatic N) is 2. The van der Waals surface area contributed by atoms with Gasteiger partial charge in [-0.15, -0.1) is 0 Å². The van der Waals surface area contributed by atoms with Gasteiger partial charge in [-0.05, 0) is 69.4 Å². The number of cyclic esters (lactones) is 1. The zero-order valence-electron chi connectivity index (χ0n) is 16.1. The second-order valence-corrected chi connectivity index (χ2v) is 7.35. The average molecular weight is 362 g/mol. The molecular weight excluding hydrogens is 332 g/mol. The third-order valence-electron chi connectivity index (χ3n) is 5.61. The Morgan fingerprint density at radius 3 is 2.58 bits per heavy atom. The minimum atomic E-state index is -0.177. The van der Waals surface area contributed by atoms with Crippen LogP contribution in [0.2, 0.25) is 0 Å². The van der Waals surface area contributed by atoms with Crippen molar-refractivity contribution in [1.29, 1.82) is 0 Å². The molecule has 2 aliphatic heterocycles. The summed E-state index contributed by atoms with van der Waals surface area (Å²) < 4.78 is 16.0. The van der Waals surface area contributed by atoms with Crippen molar-refractivity contribution in [2.24, 2.45) is 5.92 Å². The maximum atomic E-state index is 12.2. The Bertz CT molecular complexity index is 614. The molecule has 3 rings (SSSR count). The number of ether oxygens (including phenoxy) is 3. The predicted molar refractivity (Wildman–Crippen MR) is 99.9 cm³/mol. The Kier molecular flexibility index (Phi) is 6.25. The normalized spacial score (nSPS) is 21.7. The molecule has 0 radical (unpaired) electrons. The number of likely N-dealkylation sites (tertiary alicyclic amines) is 1. The first-order valence-corrected chi connectivity index (χ1v) is 9.43. The summed E-state index contributed by atoms with van der Waals surface area (Å²) in [4.78, 5) is 16.5. The van der Waals surface area contributed by atoms with Crippen molar-refractivity contribution in [3.8, 4) is 11.5 Å². The monoisotopic (exact) mass is 362 g/mol. The van der Waals surface area contributed by atoms with Crippen LogP contribution >= 0.6 is 0 Å². The van der Waals surface area contributed by atoms with Crippen LogP contribution < -0.4 is 9.47 Å². The summed E-state index contributed by atoms with van der Waals surface area (Å²) in [6, 6.07) is 6.01. The molecule has 2 aliphatic rings. The zero-order chi connectivity index (χ0) is 18.5. The van der Waals surface area contributed by atoms with Gasteiger partial charge in [0.2, 0.25) is 0 Å². The first-order valence-electron chi connectivity index (χ1n) is 9.43. The molecule has 26 heavy (non-hydrogen) atoms. The minimum Gasteiger partial charge on any atom is -0.493 e. The number of rotatable bonds is 7. The minimum absolute atomic E-state index is 0.0897. The Balaban J connectivity index is 1.59. The SMILES string of the molecule is COc1ccc(CC2COC(=O)N2CCC2CCN(C)CC2)cc1OC. The summed E-state index contributed by atoms with van der Waals surface area (Å²) in [7, 11) is 5.44. The summed E-state index contributed by atoms with van der Waals surface area (Å²) in [5.41, 5.74) is 1.12. The second kappa shape index (κ2) is 8.62. The lowest BCUT2D eigenvalue weighted by Gasteiger charge is -2.30. The van der Waals surface area contributed by atoms with E-state index in [2.05, 4.69) is 11.9 Å². The number of benzene rings is 1. The number of piperidine rings is 1. The lowest BCUT2D eigenvalue weighted by molar-refractivity contribution is 0.151. The first kappa shape index (κ1) is 18.8. The molecule has 1 unspecified atom stereocenters. The fourth-order valence-corrected chi connectivity index (χ4v) is 3.88. The third-order valence-corrected chi connectivity index (χ3v) is 5.61. The lowest BCUT2D eigenvalue weighted by Crippen LogP contribution is -2.38. The molecule has 1 aromatic carbocycles. The molecule has 6 heteroatoms. The quantitative estimate of drug-likeness (QED) is 0.747. The number of carbonyl (C=O) groups is 1. The Hall–Kier alpha value is -1.95. The predicted octanol–water partition coefficient (Wildman–Crippen LogP) is 2.80. The van der Waals surface area contributed by atoms with Crippen molar-refractivity contribution in [3.63, 3.8) is 0 Å². The standard InChI is InChI=1S/C20H30N2O4/c1-21-9-6-15(7-10-21)8-11-22-17(14-26-20(22)23)12-16-4-5-18(24-2)19(13-16)25-3/h4-5,13,15,17H,6-12,14H2,1-3H3. The number of carbonyl (C=O) groups excluding carboxylic acids is 1. The first-order chi connectivity index (χ1) is 12.6. The molecular formula is C20H30N2O4. The van der Waals surface area contributed by atoms with E-state index in [9.17, 15) is 4.79 Å². The molecule has 1 atom stereocenters. The third kappa shape index (κ3) is 4.41. The maximum Gasteiger partial charge on any atom is 0.410 e. The van der Waals surface area contributed by atoms with Gasteiger partial charge in [0.1, 0.15) is 6.61 Å². The smallest absolute Gasteiger partial charge is 0.410 e. The fraction of sp³-hybridized carbons (Fsp3) is 0.650. The van der Waals surface area contributed by atoms with E-state index in [0.29, 0.717) is 24.0 Å². The maximum absolute atomic E-state index is 12.2. The fourth-order valence-electron chi connectivity index (χ4n) is 3.88. The van der Waals surface area contributed by atoms with Gasteiger partial charge in [0.05, 0.1) is 20.3 Å². The van der Waals surface area contributed by atoms with E-state index in [1.165, 1.54) is 12.8 Å². The number of hydrogen-bond donors (Lipinski definition) is 0. The van der Waals surface area contributed by atoms with Crippen molar-refractivity contribution < 1.29 is 19.0 Å². The molecule has 144 valence electrons. The lowest BCUT2D eigenvalue weighted by atomic mass is 9.93. The molecule has 0 spiro atoms. The van der Waals surface area contributed by atoms with E-state index < -0.39 is 0 Å². The highest BCUT2D eigenvalue weighted by atomic mass is 16.6. The second-order valence-electron chi connectivity index (χ2n) is 7.35. The molecule has 6 nitrogen and oxygen atoms in total. The Morgan fingerprint density at radius 2 is 1.88 bits per heavy atom. The molecule has 1 aromatic rings. The summed E-state index contributed by atoms with van der Waals surface area (Å²) in [5, 5.41) is 0. The van der Waals surface area contributed by atoms with Crippen LogP contribution in [-0.4, -0.2) is 69.4 Å². The van der Waals surface area contributed by atoms with E-state index in [-0.39, 0.29) is 12.1 Å². The summed E-state index contributed by atoms with van der Waals surface area (Å²) >= 11 is 0. The van der Waals surface area contributed by atoms with Gasteiger partial charge in [-0.25, -0.2) is 4.79 Å². The number of amides is 1. The molecule has 2 fully saturated rings. The van der Waals surface area contributed by atoms with Gasteiger partial charge in [-0.3, -0.25) is 0 Å². The highest BCUT2D eigenvalue weighted by Crippen LogP contribution is 2.29. The van der Waals surface area contributed by atoms with Gasteiger partial charge in [0, 0.05) is 6.54 Å². The highest BCUT2D eigenvalue weighted by molar-refractivity contribution is 5.70. The van der Waals surface area contributed by atoms with Crippen LogP contribution in [0.25, 0.3) is 0 Å². The molecule has 1 amide bonds. The largest absolute Gasteiger partial charge is 0.493 e. The van der Waals surface area contributed by atoms with Crippen LogP contribution in [0.1, 0.15) is 24.8 Å². The summed E-state index contributed by atoms with van der Waals surface area (Å²) in [6.45, 7) is 3.56. The molecule has 2 saturated heterocycles. The van der Waals surface area contributed by atoms with Crippen molar-refractivity contribution >= 4 is 6.09 Å². The zero-order valence-corrected chi connectivity index (χ0v) is 16.1. The Labute approximate surface area is 156 Å². The van der Waals surface area contributed by atoms with Crippen molar-refractivity contribution in [2.75, 3.05) is 47.5 Å². The highest BCUT2D eigenvalue weighted by Gasteiger charge is 2.33. The van der Waals surface area contributed by atoms with Gasteiger partial charge >= 0.3 is 6.09 Å². The molecule has 0 aliphatic carbocycles. The molecule has 0 bridgehead atoms. The topological polar surface area (TPSA) is 51.2 Å². The van der Waals surface area contributed by atoms with Gasteiger partial charge in [0.15, 0.2) is 11.5 Å². The molecule has 2 heterocycles. The van der Waals surface area contributed by atoms with Crippen LogP contribution in [0, 0.1) is 5.92 Å². The van der Waals surface area contributed by atoms with Crippen LogP contribution in [0.15, 0.2) is 18.2 Å². The van der Waals surface area contributed by atoms with Gasteiger partial charge in [-0.1, -0.05) is 6.07 Å². The van der Waals surface area contributed by atoms with Crippen LogP contribution in [0.4, 0.5) is 4.79 Å². The molecule has 0 saturated carbocycles. The molecule has 0 aromatic heterocycles. The van der Waals surface area contributed by atoms with Crippen molar-refractivity contribution in [1.82, 2.24) is 9.80 Å². The van der Waals surface area contributed by atoms with E-state index in [0.717, 1.165) is 38.0 Å². The number of methoxy groups -OCH3 is 2. The van der Waals surface area contributed by atoms with Gasteiger partial charge in [-0.2, -0.15) is 0 Å². The van der Waals surface area contributed by atoms with Crippen molar-refractivity contribution in [3.05, 3.63) is 23.8 Å². The van der Waals surface area contributed by atoms with Crippen LogP contribution in [-0.2, 0) is 11.2 Å². The summed E-state index contributed by atoms with van der Waals surface area (Å²) in [5.74, 6) is 2.14. The van der Waals surface area contributed by atoms with E-state index in [1.807, 2.05) is 23.1 Å². The van der Waals surface area contributed by atoms with Crippen LogP contribution in [0.5, 0.6) is 11.5 Å². The Morgan fingerprint density at radius 1 is 1.15 bits per heavy atom. The molecule has 0 N–H and O–H groups in total. The van der Waals surface area contributed by atoms with Crippen LogP contribution in [0.3, 0.4) is 0 Å². The van der Waals surface area contributed by atoms with E-state index in [4.69, 9.17) is 14.2 Å². The average Bonchev–Trinajstić information content (AvgIpc) is 3.00. The van der Waals surface area contributed by atoms with E-state index >= 15 is 0 Å².